The van der Waals surface area contributed by atoms with Crippen LogP contribution in [0.3, 0.4) is 0 Å². The Morgan fingerprint density at radius 2 is 2.00 bits per heavy atom. The van der Waals surface area contributed by atoms with Gasteiger partial charge in [0.15, 0.2) is 0 Å². The Labute approximate surface area is 106 Å². The second-order valence-electron chi connectivity index (χ2n) is 4.55. The molecule has 3 N–H and O–H groups in total. The second-order valence-corrected chi connectivity index (χ2v) is 4.95. The molecule has 17 heavy (non-hydrogen) atoms. The summed E-state index contributed by atoms with van der Waals surface area (Å²) in [6.45, 7) is 0. The standard InChI is InChI=1S/C13H17ClN2O/c14-12-7-6-9(15)8-11(12)13(17)16-10-4-2-1-3-5-10/h6-8,10H,1-5,15H2,(H,16,17). The van der Waals surface area contributed by atoms with Gasteiger partial charge < -0.3 is 11.1 Å². The third kappa shape index (κ3) is 3.13. The fourth-order valence-corrected chi connectivity index (χ4v) is 2.43. The second kappa shape index (κ2) is 5.41. The minimum Gasteiger partial charge on any atom is -0.399 e. The van der Waals surface area contributed by atoms with Gasteiger partial charge >= 0.3 is 0 Å². The molecule has 1 aliphatic rings. The van der Waals surface area contributed by atoms with E-state index in [1.54, 1.807) is 18.2 Å². The fraction of sp³-hybridized carbons (Fsp3) is 0.462. The monoisotopic (exact) mass is 252 g/mol. The zero-order chi connectivity index (χ0) is 12.3. The van der Waals surface area contributed by atoms with Crippen LogP contribution in [-0.4, -0.2) is 11.9 Å². The van der Waals surface area contributed by atoms with Gasteiger partial charge in [0.05, 0.1) is 10.6 Å². The predicted octanol–water partition coefficient (Wildman–Crippen LogP) is 2.98. The Hall–Kier alpha value is -1.22. The molecule has 1 saturated carbocycles. The topological polar surface area (TPSA) is 55.1 Å². The molecule has 92 valence electrons. The van der Waals surface area contributed by atoms with Crippen molar-refractivity contribution in [2.45, 2.75) is 38.1 Å². The maximum atomic E-state index is 12.0. The first-order chi connectivity index (χ1) is 8.16. The molecule has 0 unspecified atom stereocenters. The van der Waals surface area contributed by atoms with Gasteiger partial charge in [-0.15, -0.1) is 0 Å². The lowest BCUT2D eigenvalue weighted by Gasteiger charge is -2.23. The van der Waals surface area contributed by atoms with E-state index in [1.165, 1.54) is 19.3 Å². The quantitative estimate of drug-likeness (QED) is 0.795. The number of anilines is 1. The van der Waals surface area contributed by atoms with Gasteiger partial charge in [-0.25, -0.2) is 0 Å². The van der Waals surface area contributed by atoms with Crippen molar-refractivity contribution < 1.29 is 4.79 Å². The first-order valence-corrected chi connectivity index (χ1v) is 6.40. The number of amides is 1. The van der Waals surface area contributed by atoms with Crippen molar-refractivity contribution in [1.82, 2.24) is 5.32 Å². The lowest BCUT2D eigenvalue weighted by Crippen LogP contribution is -2.36. The molecule has 0 aromatic heterocycles. The highest BCUT2D eigenvalue weighted by molar-refractivity contribution is 6.34. The third-order valence-corrected chi connectivity index (χ3v) is 3.51. The first-order valence-electron chi connectivity index (χ1n) is 6.02. The summed E-state index contributed by atoms with van der Waals surface area (Å²) in [5, 5.41) is 3.48. The molecular weight excluding hydrogens is 236 g/mol. The van der Waals surface area contributed by atoms with E-state index >= 15 is 0 Å². The van der Waals surface area contributed by atoms with Gasteiger partial charge in [-0.3, -0.25) is 4.79 Å². The fourth-order valence-electron chi connectivity index (χ4n) is 2.23. The lowest BCUT2D eigenvalue weighted by atomic mass is 9.95. The van der Waals surface area contributed by atoms with Crippen molar-refractivity contribution in [2.75, 3.05) is 5.73 Å². The summed E-state index contributed by atoms with van der Waals surface area (Å²) in [5.41, 5.74) is 6.69. The number of carbonyl (C=O) groups excluding carboxylic acids is 1. The van der Waals surface area contributed by atoms with Gasteiger partial charge in [0, 0.05) is 11.7 Å². The van der Waals surface area contributed by atoms with E-state index in [4.69, 9.17) is 17.3 Å². The first kappa shape index (κ1) is 12.2. The minimum atomic E-state index is -0.116. The van der Waals surface area contributed by atoms with Crippen LogP contribution in [0.25, 0.3) is 0 Å². The molecule has 1 aromatic rings. The van der Waals surface area contributed by atoms with E-state index in [0.29, 0.717) is 16.3 Å². The number of hydrogen-bond donors (Lipinski definition) is 2. The molecule has 1 aromatic carbocycles. The van der Waals surface area contributed by atoms with Gasteiger partial charge in [-0.2, -0.15) is 0 Å². The van der Waals surface area contributed by atoms with Crippen LogP contribution in [0.2, 0.25) is 5.02 Å². The minimum absolute atomic E-state index is 0.116. The normalized spacial score (nSPS) is 16.8. The van der Waals surface area contributed by atoms with Crippen LogP contribution in [0.15, 0.2) is 18.2 Å². The summed E-state index contributed by atoms with van der Waals surface area (Å²) in [6, 6.07) is 5.26. The number of nitrogens with one attached hydrogen (secondary N) is 1. The summed E-state index contributed by atoms with van der Waals surface area (Å²) in [4.78, 5) is 12.0. The van der Waals surface area contributed by atoms with Crippen molar-refractivity contribution in [2.24, 2.45) is 0 Å². The van der Waals surface area contributed by atoms with Gasteiger partial charge in [-0.05, 0) is 31.0 Å². The van der Waals surface area contributed by atoms with Gasteiger partial charge in [0.2, 0.25) is 0 Å². The molecule has 0 bridgehead atoms. The molecule has 0 radical (unpaired) electrons. The van der Waals surface area contributed by atoms with Gasteiger partial charge in [0.25, 0.3) is 5.91 Å². The third-order valence-electron chi connectivity index (χ3n) is 3.18. The van der Waals surface area contributed by atoms with Crippen molar-refractivity contribution in [3.63, 3.8) is 0 Å². The number of rotatable bonds is 2. The molecule has 3 nitrogen and oxygen atoms in total. The summed E-state index contributed by atoms with van der Waals surface area (Å²) < 4.78 is 0. The molecule has 0 spiro atoms. The predicted molar refractivity (Wildman–Crippen MR) is 70.2 cm³/mol. The van der Waals surface area contributed by atoms with Crippen molar-refractivity contribution in [3.8, 4) is 0 Å². The van der Waals surface area contributed by atoms with Crippen molar-refractivity contribution in [1.29, 1.82) is 0 Å². The number of hydrogen-bond acceptors (Lipinski definition) is 2. The number of nitrogens with two attached hydrogens (primary N) is 1. The average Bonchev–Trinajstić information content (AvgIpc) is 2.33. The van der Waals surface area contributed by atoms with Crippen LogP contribution >= 0.6 is 11.6 Å². The molecule has 1 amide bonds. The number of halogens is 1. The maximum absolute atomic E-state index is 12.0. The lowest BCUT2D eigenvalue weighted by molar-refractivity contribution is 0.0928. The Balaban J connectivity index is 2.05. The summed E-state index contributed by atoms with van der Waals surface area (Å²) in [7, 11) is 0. The molecule has 1 fully saturated rings. The Kier molecular flexibility index (Phi) is 3.89. The van der Waals surface area contributed by atoms with Crippen LogP contribution in [0.4, 0.5) is 5.69 Å². The number of benzene rings is 1. The molecule has 0 heterocycles. The Morgan fingerprint density at radius 1 is 1.29 bits per heavy atom. The SMILES string of the molecule is Nc1ccc(Cl)c(C(=O)NC2CCCCC2)c1. The van der Waals surface area contributed by atoms with E-state index in [0.717, 1.165) is 12.8 Å². The van der Waals surface area contributed by atoms with Crippen LogP contribution in [0.5, 0.6) is 0 Å². The highest BCUT2D eigenvalue weighted by Crippen LogP contribution is 2.21. The molecular formula is C13H17ClN2O. The zero-order valence-electron chi connectivity index (χ0n) is 9.71. The van der Waals surface area contributed by atoms with E-state index in [-0.39, 0.29) is 11.9 Å². The summed E-state index contributed by atoms with van der Waals surface area (Å²) in [5.74, 6) is -0.116. The molecule has 0 saturated heterocycles. The summed E-state index contributed by atoms with van der Waals surface area (Å²) in [6.07, 6.45) is 5.77. The van der Waals surface area contributed by atoms with Crippen molar-refractivity contribution in [3.05, 3.63) is 28.8 Å². The molecule has 0 aliphatic heterocycles. The van der Waals surface area contributed by atoms with Crippen LogP contribution in [0.1, 0.15) is 42.5 Å². The average molecular weight is 253 g/mol. The highest BCUT2D eigenvalue weighted by atomic mass is 35.5. The van der Waals surface area contributed by atoms with E-state index in [1.807, 2.05) is 0 Å². The van der Waals surface area contributed by atoms with Crippen LogP contribution in [0, 0.1) is 0 Å². The van der Waals surface area contributed by atoms with E-state index < -0.39 is 0 Å². The molecule has 1 aliphatic carbocycles. The van der Waals surface area contributed by atoms with Gasteiger partial charge in [0.1, 0.15) is 0 Å². The highest BCUT2D eigenvalue weighted by Gasteiger charge is 2.18. The number of carbonyl (C=O) groups is 1. The van der Waals surface area contributed by atoms with Crippen molar-refractivity contribution >= 4 is 23.2 Å². The smallest absolute Gasteiger partial charge is 0.253 e. The van der Waals surface area contributed by atoms with Crippen LogP contribution in [-0.2, 0) is 0 Å². The van der Waals surface area contributed by atoms with E-state index in [2.05, 4.69) is 5.32 Å². The number of nitrogen functional groups attached to an aromatic ring is 1. The largest absolute Gasteiger partial charge is 0.399 e. The van der Waals surface area contributed by atoms with E-state index in [9.17, 15) is 4.79 Å². The summed E-state index contributed by atoms with van der Waals surface area (Å²) >= 11 is 5.99. The maximum Gasteiger partial charge on any atom is 0.253 e. The Bertz CT molecular complexity index is 414. The Morgan fingerprint density at radius 3 is 2.71 bits per heavy atom. The zero-order valence-corrected chi connectivity index (χ0v) is 10.5. The molecule has 0 atom stereocenters. The molecule has 2 rings (SSSR count). The van der Waals surface area contributed by atoms with Crippen LogP contribution < -0.4 is 11.1 Å². The van der Waals surface area contributed by atoms with Gasteiger partial charge in [-0.1, -0.05) is 30.9 Å². The molecule has 4 heteroatoms.